The van der Waals surface area contributed by atoms with Gasteiger partial charge in [-0.15, -0.1) is 4.80 Å². The van der Waals surface area contributed by atoms with E-state index in [1.54, 1.807) is 0 Å². The zero-order chi connectivity index (χ0) is 23.0. The summed E-state index contributed by atoms with van der Waals surface area (Å²) in [4.78, 5) is 17.4. The molecule has 1 aliphatic heterocycles. The molecular formula is C17H12ClF4N9O. The fourth-order valence-corrected chi connectivity index (χ4v) is 3.13. The lowest BCUT2D eigenvalue weighted by Gasteiger charge is -2.19. The number of nitrogen functional groups attached to an aromatic ring is 1. The molecule has 0 aromatic carbocycles. The Morgan fingerprint density at radius 1 is 1.22 bits per heavy atom. The molecule has 3 aromatic rings. The number of nitrogens with two attached hydrogens (primary N) is 1. The van der Waals surface area contributed by atoms with Crippen LogP contribution in [0, 0.1) is 5.82 Å². The second-order valence-electron chi connectivity index (χ2n) is 6.35. The Labute approximate surface area is 181 Å². The maximum Gasteiger partial charge on any atom is 0.434 e. The average molecular weight is 470 g/mol. The van der Waals surface area contributed by atoms with Gasteiger partial charge in [0.1, 0.15) is 0 Å². The molecule has 0 saturated carbocycles. The average Bonchev–Trinajstić information content (AvgIpc) is 3.40. The van der Waals surface area contributed by atoms with Crippen molar-refractivity contribution in [2.45, 2.75) is 6.18 Å². The Morgan fingerprint density at radius 2 is 1.94 bits per heavy atom. The topological polar surface area (TPSA) is 129 Å². The molecule has 0 spiro atoms. The predicted molar refractivity (Wildman–Crippen MR) is 103 cm³/mol. The van der Waals surface area contributed by atoms with Crippen LogP contribution in [-0.4, -0.2) is 42.2 Å². The molecule has 4 rings (SSSR count). The van der Waals surface area contributed by atoms with Crippen molar-refractivity contribution in [3.8, 4) is 5.82 Å². The van der Waals surface area contributed by atoms with Crippen molar-refractivity contribution in [3.63, 3.8) is 0 Å². The first-order chi connectivity index (χ1) is 15.1. The standard InChI is InChI=1S/C17H12ClF4N9O/c18-10-5-8(6-24-15(10)31-25-3-4-26-31)28-16(32)9-7-27-30(13(9)17(20,21)22)12-2-1-11(19)14(23)29-12/h1-5,7,24H,6H2,(H2,23,29)(H,28,32). The number of alkyl halides is 3. The van der Waals surface area contributed by atoms with Gasteiger partial charge >= 0.3 is 6.18 Å². The van der Waals surface area contributed by atoms with E-state index in [0.717, 1.165) is 18.3 Å². The van der Waals surface area contributed by atoms with E-state index in [1.807, 2.05) is 0 Å². The number of nitrogens with zero attached hydrogens (tertiary/aromatic N) is 6. The summed E-state index contributed by atoms with van der Waals surface area (Å²) < 4.78 is 55.0. The molecule has 166 valence electrons. The molecule has 1 aliphatic rings. The molecule has 15 heteroatoms. The number of dihydropyridines is 1. The lowest BCUT2D eigenvalue weighted by Crippen LogP contribution is -2.34. The molecular weight excluding hydrogens is 458 g/mol. The van der Waals surface area contributed by atoms with Gasteiger partial charge in [0.25, 0.3) is 5.91 Å². The van der Waals surface area contributed by atoms with Crippen molar-refractivity contribution >= 4 is 29.1 Å². The van der Waals surface area contributed by atoms with Crippen LogP contribution in [0.25, 0.3) is 11.6 Å². The largest absolute Gasteiger partial charge is 0.434 e. The molecule has 0 saturated heterocycles. The molecule has 10 nitrogen and oxygen atoms in total. The highest BCUT2D eigenvalue weighted by atomic mass is 35.5. The quantitative estimate of drug-likeness (QED) is 0.498. The Morgan fingerprint density at radius 3 is 2.56 bits per heavy atom. The fourth-order valence-electron chi connectivity index (χ4n) is 2.85. The summed E-state index contributed by atoms with van der Waals surface area (Å²) in [5, 5.41) is 16.8. The van der Waals surface area contributed by atoms with Crippen molar-refractivity contribution in [1.29, 1.82) is 0 Å². The summed E-state index contributed by atoms with van der Waals surface area (Å²) in [6, 6.07) is 1.80. The summed E-state index contributed by atoms with van der Waals surface area (Å²) in [5.41, 5.74) is 3.36. The van der Waals surface area contributed by atoms with Crippen molar-refractivity contribution in [2.75, 3.05) is 12.3 Å². The van der Waals surface area contributed by atoms with Crippen LogP contribution in [0.3, 0.4) is 0 Å². The molecule has 1 amide bonds. The molecule has 4 N–H and O–H groups in total. The molecule has 32 heavy (non-hydrogen) atoms. The van der Waals surface area contributed by atoms with Gasteiger partial charge in [0, 0.05) is 5.70 Å². The van der Waals surface area contributed by atoms with Crippen LogP contribution in [0.1, 0.15) is 16.1 Å². The van der Waals surface area contributed by atoms with Gasteiger partial charge in [-0.05, 0) is 18.2 Å². The third-order valence-electron chi connectivity index (χ3n) is 4.22. The first-order valence-corrected chi connectivity index (χ1v) is 9.13. The van der Waals surface area contributed by atoms with Crippen molar-refractivity contribution in [1.82, 2.24) is 40.4 Å². The third kappa shape index (κ3) is 3.99. The number of carbonyl (C=O) groups is 1. The lowest BCUT2D eigenvalue weighted by molar-refractivity contribution is -0.143. The first kappa shape index (κ1) is 21.3. The van der Waals surface area contributed by atoms with E-state index in [4.69, 9.17) is 17.3 Å². The lowest BCUT2D eigenvalue weighted by atomic mass is 10.2. The first-order valence-electron chi connectivity index (χ1n) is 8.75. The second kappa shape index (κ2) is 7.96. The minimum atomic E-state index is -4.98. The van der Waals surface area contributed by atoms with Crippen LogP contribution in [-0.2, 0) is 6.18 Å². The third-order valence-corrected chi connectivity index (χ3v) is 4.51. The fraction of sp³-hybridized carbons (Fsp3) is 0.118. The van der Waals surface area contributed by atoms with Gasteiger partial charge in [-0.2, -0.15) is 28.5 Å². The van der Waals surface area contributed by atoms with Crippen LogP contribution < -0.4 is 16.4 Å². The number of hydrogen-bond donors (Lipinski definition) is 3. The number of hydrogen-bond acceptors (Lipinski definition) is 7. The summed E-state index contributed by atoms with van der Waals surface area (Å²) in [6.45, 7) is 0.0321. The Bertz CT molecular complexity index is 1250. The maximum absolute atomic E-state index is 13.8. The highest BCUT2D eigenvalue weighted by molar-refractivity contribution is 6.33. The van der Waals surface area contributed by atoms with Gasteiger partial charge < -0.3 is 16.4 Å². The summed E-state index contributed by atoms with van der Waals surface area (Å²) in [7, 11) is 0. The van der Waals surface area contributed by atoms with E-state index in [2.05, 4.69) is 30.9 Å². The smallest absolute Gasteiger partial charge is 0.381 e. The highest BCUT2D eigenvalue weighted by Gasteiger charge is 2.41. The molecule has 0 fully saturated rings. The number of allylic oxidation sites excluding steroid dienone is 2. The molecule has 3 aromatic heterocycles. The number of pyridine rings is 1. The maximum atomic E-state index is 13.8. The summed E-state index contributed by atoms with van der Waals surface area (Å²) >= 11 is 6.16. The Balaban J connectivity index is 1.65. The summed E-state index contributed by atoms with van der Waals surface area (Å²) in [6.07, 6.45) is -0.0372. The number of halogens is 5. The SMILES string of the molecule is Nc1nc(-n2ncc(C(=O)NC3=CC(Cl)=C(n4nccn4)NC3)c2C(F)(F)F)ccc1F. The van der Waals surface area contributed by atoms with Crippen LogP contribution in [0.15, 0.2) is 47.5 Å². The Kier molecular flexibility index (Phi) is 5.30. The van der Waals surface area contributed by atoms with Gasteiger partial charge in [-0.25, -0.2) is 14.1 Å². The van der Waals surface area contributed by atoms with Crippen molar-refractivity contribution in [2.24, 2.45) is 0 Å². The zero-order valence-corrected chi connectivity index (χ0v) is 16.5. The van der Waals surface area contributed by atoms with Crippen LogP contribution in [0.4, 0.5) is 23.4 Å². The highest BCUT2D eigenvalue weighted by Crippen LogP contribution is 2.33. The van der Waals surface area contributed by atoms with Crippen molar-refractivity contribution < 1.29 is 22.4 Å². The monoisotopic (exact) mass is 469 g/mol. The van der Waals surface area contributed by atoms with E-state index in [0.29, 0.717) is 10.5 Å². The summed E-state index contributed by atoms with van der Waals surface area (Å²) in [5.74, 6) is -2.68. The molecule has 0 radical (unpaired) electrons. The van der Waals surface area contributed by atoms with Crippen LogP contribution >= 0.6 is 11.6 Å². The second-order valence-corrected chi connectivity index (χ2v) is 6.75. The normalized spacial score (nSPS) is 14.2. The number of nitrogens with one attached hydrogen (secondary N) is 2. The molecule has 0 aliphatic carbocycles. The van der Waals surface area contributed by atoms with Crippen molar-refractivity contribution in [3.05, 3.63) is 64.6 Å². The van der Waals surface area contributed by atoms with E-state index in [-0.39, 0.29) is 17.3 Å². The van der Waals surface area contributed by atoms with E-state index in [1.165, 1.54) is 23.3 Å². The van der Waals surface area contributed by atoms with Gasteiger partial charge in [-0.3, -0.25) is 4.79 Å². The predicted octanol–water partition coefficient (Wildman–Crippen LogP) is 1.88. The van der Waals surface area contributed by atoms with Gasteiger partial charge in [0.15, 0.2) is 29.0 Å². The van der Waals surface area contributed by atoms with Gasteiger partial charge in [0.2, 0.25) is 0 Å². The zero-order valence-electron chi connectivity index (χ0n) is 15.7. The number of anilines is 1. The van der Waals surface area contributed by atoms with E-state index >= 15 is 0 Å². The molecule has 0 unspecified atom stereocenters. The van der Waals surface area contributed by atoms with Crippen LogP contribution in [0.5, 0.6) is 0 Å². The van der Waals surface area contributed by atoms with Gasteiger partial charge in [0.05, 0.1) is 35.7 Å². The molecule has 0 bridgehead atoms. The minimum Gasteiger partial charge on any atom is -0.381 e. The van der Waals surface area contributed by atoms with E-state index < -0.39 is 40.8 Å². The molecule has 0 atom stereocenters. The van der Waals surface area contributed by atoms with Gasteiger partial charge in [-0.1, -0.05) is 11.6 Å². The van der Waals surface area contributed by atoms with E-state index in [9.17, 15) is 22.4 Å². The number of carbonyl (C=O) groups excluding carboxylic acids is 1. The number of amides is 1. The minimum absolute atomic E-state index is 0.0321. The van der Waals surface area contributed by atoms with Crippen LogP contribution in [0.2, 0.25) is 0 Å². The number of aromatic nitrogens is 6. The number of rotatable bonds is 4. The Hall–Kier alpha value is -3.94. The molecule has 4 heterocycles.